The number of alkyl halides is 2. The number of rotatable bonds is 12. The summed E-state index contributed by atoms with van der Waals surface area (Å²) in [6.07, 6.45) is 7.05. The van der Waals surface area contributed by atoms with Gasteiger partial charge in [0.1, 0.15) is 5.60 Å². The van der Waals surface area contributed by atoms with E-state index in [0.717, 1.165) is 18.8 Å². The van der Waals surface area contributed by atoms with E-state index in [1.54, 1.807) is 31.5 Å². The van der Waals surface area contributed by atoms with Gasteiger partial charge in [-0.1, -0.05) is 19.9 Å². The molecule has 1 saturated carbocycles. The second kappa shape index (κ2) is 12.9. The van der Waals surface area contributed by atoms with E-state index in [-0.39, 0.29) is 50.0 Å². The minimum atomic E-state index is -3.99. The topological polar surface area (TPSA) is 147 Å². The lowest BCUT2D eigenvalue weighted by Gasteiger charge is -2.36. The standard InChI is InChI=1S/C28H36F2N8O3S2/c1-3-37(16-20-8-7-18(2)28(20,39)24-6-4-5-9-32-24)43(40,41)36-21-12-23-22(19(13-31)14-35-27(29)30)15-34-25(38(23)17-21)26-33-10-11-42-26/h4-6,9-11,13-14,18,20-21,27,31,35-36,39H,3,7-8,12,15-17H2,1-2H3/b19-14+,31-13?. The van der Waals surface area contributed by atoms with Gasteiger partial charge in [-0.15, -0.1) is 11.3 Å². The number of aliphatic imine (C=N–C) groups is 1. The largest absolute Gasteiger partial charge is 0.383 e. The molecule has 0 radical (unpaired) electrons. The first-order valence-electron chi connectivity index (χ1n) is 14.2. The van der Waals surface area contributed by atoms with Crippen LogP contribution in [0, 0.1) is 17.2 Å². The molecule has 0 bridgehead atoms. The number of pyridine rings is 1. The van der Waals surface area contributed by atoms with Crippen LogP contribution in [0.1, 0.15) is 43.8 Å². The molecule has 3 aliphatic rings. The van der Waals surface area contributed by atoms with Crippen molar-refractivity contribution < 1.29 is 22.3 Å². The number of aliphatic hydroxyl groups is 1. The summed E-state index contributed by atoms with van der Waals surface area (Å²) >= 11 is 1.39. The van der Waals surface area contributed by atoms with Crippen molar-refractivity contribution in [2.75, 3.05) is 26.2 Å². The Labute approximate surface area is 254 Å². The van der Waals surface area contributed by atoms with Gasteiger partial charge in [0.15, 0.2) is 10.8 Å². The highest BCUT2D eigenvalue weighted by molar-refractivity contribution is 7.87. The highest BCUT2D eigenvalue weighted by atomic mass is 32.2. The molecule has 2 fully saturated rings. The molecule has 4 heterocycles. The van der Waals surface area contributed by atoms with Gasteiger partial charge in [0, 0.05) is 85.0 Å². The third-order valence-electron chi connectivity index (χ3n) is 8.48. The number of aromatic nitrogens is 2. The van der Waals surface area contributed by atoms with Gasteiger partial charge < -0.3 is 20.7 Å². The molecule has 4 atom stereocenters. The summed E-state index contributed by atoms with van der Waals surface area (Å²) < 4.78 is 57.6. The summed E-state index contributed by atoms with van der Waals surface area (Å²) in [5, 5.41) is 24.1. The molecule has 1 saturated heterocycles. The van der Waals surface area contributed by atoms with E-state index in [9.17, 15) is 22.3 Å². The maximum Gasteiger partial charge on any atom is 0.312 e. The molecule has 11 nitrogen and oxygen atoms in total. The molecule has 4 N–H and O–H groups in total. The van der Waals surface area contributed by atoms with Gasteiger partial charge in [-0.05, 0) is 30.9 Å². The maximum absolute atomic E-state index is 13.8. The summed E-state index contributed by atoms with van der Waals surface area (Å²) in [5.41, 5.74) is 0.807. The average Bonchev–Trinajstić information content (AvgIpc) is 3.73. The van der Waals surface area contributed by atoms with Gasteiger partial charge >= 0.3 is 6.55 Å². The first-order valence-corrected chi connectivity index (χ1v) is 16.5. The van der Waals surface area contributed by atoms with E-state index in [4.69, 9.17) is 5.41 Å². The van der Waals surface area contributed by atoms with E-state index >= 15 is 0 Å². The molecule has 1 aliphatic carbocycles. The van der Waals surface area contributed by atoms with Gasteiger partial charge in [-0.25, -0.2) is 4.98 Å². The molecule has 2 aromatic heterocycles. The number of halogens is 2. The zero-order valence-corrected chi connectivity index (χ0v) is 25.6. The first kappa shape index (κ1) is 31.3. The smallest absolute Gasteiger partial charge is 0.312 e. The summed E-state index contributed by atoms with van der Waals surface area (Å²) in [7, 11) is -3.99. The lowest BCUT2D eigenvalue weighted by Crippen LogP contribution is -2.50. The molecule has 2 aliphatic heterocycles. The third kappa shape index (κ3) is 6.27. The Morgan fingerprint density at radius 3 is 2.79 bits per heavy atom. The van der Waals surface area contributed by atoms with Gasteiger partial charge in [0.05, 0.1) is 12.2 Å². The lowest BCUT2D eigenvalue weighted by molar-refractivity contribution is -0.0450. The van der Waals surface area contributed by atoms with E-state index in [2.05, 4.69) is 19.7 Å². The van der Waals surface area contributed by atoms with Crippen LogP contribution in [0.5, 0.6) is 0 Å². The van der Waals surface area contributed by atoms with Crippen LogP contribution in [0.2, 0.25) is 0 Å². The van der Waals surface area contributed by atoms with Gasteiger partial charge in [-0.3, -0.25) is 9.98 Å². The Hall–Kier alpha value is -3.11. The Morgan fingerprint density at radius 2 is 2.14 bits per heavy atom. The maximum atomic E-state index is 13.8. The van der Waals surface area contributed by atoms with Crippen molar-refractivity contribution in [1.82, 2.24) is 29.2 Å². The van der Waals surface area contributed by atoms with E-state index in [0.29, 0.717) is 34.2 Å². The number of hydrogen-bond acceptors (Lipinski definition) is 10. The van der Waals surface area contributed by atoms with Crippen LogP contribution in [0.4, 0.5) is 8.78 Å². The van der Waals surface area contributed by atoms with Crippen LogP contribution in [0.3, 0.4) is 0 Å². The second-order valence-corrected chi connectivity index (χ2v) is 13.5. The van der Waals surface area contributed by atoms with Crippen LogP contribution in [0.25, 0.3) is 0 Å². The summed E-state index contributed by atoms with van der Waals surface area (Å²) in [6.45, 7) is 1.65. The molecule has 15 heteroatoms. The third-order valence-corrected chi connectivity index (χ3v) is 11.0. The van der Waals surface area contributed by atoms with Crippen molar-refractivity contribution in [2.24, 2.45) is 16.8 Å². The molecule has 43 heavy (non-hydrogen) atoms. The summed E-state index contributed by atoms with van der Waals surface area (Å²) in [6, 6.07) is 4.83. The number of amidine groups is 1. The van der Waals surface area contributed by atoms with Crippen molar-refractivity contribution in [1.29, 1.82) is 5.41 Å². The van der Waals surface area contributed by atoms with Gasteiger partial charge in [-0.2, -0.15) is 26.2 Å². The first-order chi connectivity index (χ1) is 20.6. The minimum absolute atomic E-state index is 0.0860. The Bertz CT molecular complexity index is 1500. The Kier molecular flexibility index (Phi) is 9.37. The fourth-order valence-corrected chi connectivity index (χ4v) is 8.40. The van der Waals surface area contributed by atoms with Crippen LogP contribution < -0.4 is 10.0 Å². The highest BCUT2D eigenvalue weighted by Crippen LogP contribution is 2.47. The highest BCUT2D eigenvalue weighted by Gasteiger charge is 2.50. The summed E-state index contributed by atoms with van der Waals surface area (Å²) in [5.74, 6) is 0.149. The van der Waals surface area contributed by atoms with Crippen molar-refractivity contribution in [3.63, 3.8) is 0 Å². The Morgan fingerprint density at radius 1 is 1.33 bits per heavy atom. The van der Waals surface area contributed by atoms with E-state index in [1.807, 2.05) is 28.6 Å². The van der Waals surface area contributed by atoms with Crippen molar-refractivity contribution in [3.05, 3.63) is 69.7 Å². The fraction of sp³-hybridized carbons (Fsp3) is 0.500. The van der Waals surface area contributed by atoms with Crippen LogP contribution in [-0.2, 0) is 15.8 Å². The monoisotopic (exact) mass is 634 g/mol. The van der Waals surface area contributed by atoms with Crippen molar-refractivity contribution in [3.8, 4) is 0 Å². The van der Waals surface area contributed by atoms with Crippen LogP contribution in [0.15, 0.2) is 64.0 Å². The quantitative estimate of drug-likeness (QED) is 0.207. The Balaban J connectivity index is 1.39. The predicted molar refractivity (Wildman–Crippen MR) is 161 cm³/mol. The molecule has 0 amide bonds. The number of nitrogens with one attached hydrogen (secondary N) is 3. The number of thiazole rings is 1. The zero-order chi connectivity index (χ0) is 30.8. The molecular weight excluding hydrogens is 598 g/mol. The van der Waals surface area contributed by atoms with Crippen LogP contribution >= 0.6 is 11.3 Å². The molecule has 0 spiro atoms. The average molecular weight is 635 g/mol. The SMILES string of the molecule is CCN(CC1CCC(C)C1(O)c1ccccn1)S(=O)(=O)NC1CC2=C(/C(C=N)=C/NC(F)F)CN=C(c3nccs3)N2C1. The van der Waals surface area contributed by atoms with E-state index in [1.165, 1.54) is 15.6 Å². The molecular formula is C28H36F2N8O3S2. The van der Waals surface area contributed by atoms with Crippen molar-refractivity contribution >= 4 is 33.6 Å². The zero-order valence-electron chi connectivity index (χ0n) is 24.0. The van der Waals surface area contributed by atoms with E-state index < -0.39 is 28.4 Å². The number of hydrogen-bond donors (Lipinski definition) is 4. The molecule has 0 aromatic carbocycles. The molecule has 232 valence electrons. The van der Waals surface area contributed by atoms with Gasteiger partial charge in [0.2, 0.25) is 0 Å². The molecule has 2 aromatic rings. The van der Waals surface area contributed by atoms with Gasteiger partial charge in [0.25, 0.3) is 10.2 Å². The minimum Gasteiger partial charge on any atom is -0.383 e. The summed E-state index contributed by atoms with van der Waals surface area (Å²) in [4.78, 5) is 15.3. The normalized spacial score (nSPS) is 26.3. The lowest BCUT2D eigenvalue weighted by atomic mass is 9.81. The second-order valence-electron chi connectivity index (χ2n) is 10.9. The molecule has 5 rings (SSSR count). The van der Waals surface area contributed by atoms with Crippen molar-refractivity contribution in [2.45, 2.75) is 51.3 Å². The number of fused-ring (bicyclic) bond motifs is 1. The molecule has 4 unspecified atom stereocenters. The number of nitrogens with zero attached hydrogens (tertiary/aromatic N) is 5. The fourth-order valence-electron chi connectivity index (χ4n) is 6.31. The predicted octanol–water partition coefficient (Wildman–Crippen LogP) is 3.06. The van der Waals surface area contributed by atoms with Crippen LogP contribution in [-0.4, -0.2) is 83.5 Å².